The lowest BCUT2D eigenvalue weighted by Gasteiger charge is -2.27. The van der Waals surface area contributed by atoms with Crippen LogP contribution in [0.4, 0.5) is 0 Å². The number of nitrogens with one attached hydrogen (secondary N) is 1. The predicted molar refractivity (Wildman–Crippen MR) is 94.8 cm³/mol. The molecule has 0 spiro atoms. The number of benzene rings is 1. The van der Waals surface area contributed by atoms with Crippen LogP contribution in [0, 0.1) is 6.92 Å². The summed E-state index contributed by atoms with van der Waals surface area (Å²) in [5.74, 6) is 0.320. The number of hydrogen-bond acceptors (Lipinski definition) is 4. The number of ether oxygens (including phenoxy) is 1. The largest absolute Gasteiger partial charge is 0.463 e. The van der Waals surface area contributed by atoms with Gasteiger partial charge in [-0.25, -0.2) is 4.68 Å². The van der Waals surface area contributed by atoms with Crippen LogP contribution in [0.3, 0.4) is 0 Å². The predicted octanol–water partition coefficient (Wildman–Crippen LogP) is 2.37. The Bertz CT molecular complexity index is 706. The summed E-state index contributed by atoms with van der Waals surface area (Å²) in [6.07, 6.45) is 4.12. The van der Waals surface area contributed by atoms with Crippen molar-refractivity contribution in [3.05, 3.63) is 42.1 Å². The van der Waals surface area contributed by atoms with E-state index in [1.807, 2.05) is 43.5 Å². The maximum atomic E-state index is 12.4. The maximum Gasteiger partial charge on any atom is 0.261 e. The first-order valence-corrected chi connectivity index (χ1v) is 8.79. The van der Waals surface area contributed by atoms with Crippen molar-refractivity contribution in [1.82, 2.24) is 15.1 Å². The summed E-state index contributed by atoms with van der Waals surface area (Å²) in [6, 6.07) is 9.89. The molecular formula is C19H25N3O3. The number of nitrogens with zero attached hydrogens (tertiary/aromatic N) is 2. The van der Waals surface area contributed by atoms with Crippen LogP contribution in [0.15, 0.2) is 36.5 Å². The topological polar surface area (TPSA) is 76.4 Å². The molecule has 1 fully saturated rings. The fourth-order valence-electron chi connectivity index (χ4n) is 3.03. The van der Waals surface area contributed by atoms with Crippen LogP contribution in [-0.4, -0.2) is 39.0 Å². The summed E-state index contributed by atoms with van der Waals surface area (Å²) in [5.41, 5.74) is 1.82. The molecule has 1 aromatic heterocycles. The number of rotatable bonds is 5. The minimum absolute atomic E-state index is 0.116. The van der Waals surface area contributed by atoms with Gasteiger partial charge < -0.3 is 15.2 Å². The maximum absolute atomic E-state index is 12.4. The smallest absolute Gasteiger partial charge is 0.261 e. The number of hydrogen-bond donors (Lipinski definition) is 2. The van der Waals surface area contributed by atoms with E-state index < -0.39 is 6.10 Å². The van der Waals surface area contributed by atoms with Crippen LogP contribution >= 0.6 is 0 Å². The molecule has 2 aromatic rings. The summed E-state index contributed by atoms with van der Waals surface area (Å²) in [7, 11) is 0. The molecule has 1 saturated carbocycles. The summed E-state index contributed by atoms with van der Waals surface area (Å²) in [6.45, 7) is 3.64. The molecule has 0 saturated heterocycles. The third-order valence-electron chi connectivity index (χ3n) is 4.57. The Morgan fingerprint density at radius 2 is 1.96 bits per heavy atom. The van der Waals surface area contributed by atoms with E-state index in [9.17, 15) is 9.90 Å². The molecule has 25 heavy (non-hydrogen) atoms. The normalized spacial score (nSPS) is 21.6. The molecule has 1 heterocycles. The van der Waals surface area contributed by atoms with Crippen molar-refractivity contribution in [3.63, 3.8) is 0 Å². The van der Waals surface area contributed by atoms with Crippen LogP contribution in [0.1, 0.15) is 38.2 Å². The number of carbonyl (C=O) groups is 1. The Morgan fingerprint density at radius 3 is 2.64 bits per heavy atom. The molecule has 1 atom stereocenters. The molecule has 1 aromatic carbocycles. The van der Waals surface area contributed by atoms with Crippen molar-refractivity contribution in [3.8, 4) is 11.6 Å². The van der Waals surface area contributed by atoms with Gasteiger partial charge >= 0.3 is 0 Å². The van der Waals surface area contributed by atoms with E-state index in [0.29, 0.717) is 5.88 Å². The lowest BCUT2D eigenvalue weighted by atomic mass is 9.93. The van der Waals surface area contributed by atoms with Crippen molar-refractivity contribution in [2.45, 2.75) is 57.8 Å². The molecule has 6 heteroatoms. The molecule has 2 N–H and O–H groups in total. The van der Waals surface area contributed by atoms with Crippen molar-refractivity contribution < 1.29 is 14.6 Å². The van der Waals surface area contributed by atoms with Crippen molar-refractivity contribution >= 4 is 5.91 Å². The van der Waals surface area contributed by atoms with Gasteiger partial charge in [0, 0.05) is 17.8 Å². The SMILES string of the molecule is Cc1cn(-c2ccccc2)nc1O[C@@H](C)C(=O)NC1CCC(O)CC1. The first kappa shape index (κ1) is 17.5. The zero-order valence-electron chi connectivity index (χ0n) is 14.7. The van der Waals surface area contributed by atoms with Gasteiger partial charge in [0.1, 0.15) is 0 Å². The summed E-state index contributed by atoms with van der Waals surface area (Å²) < 4.78 is 7.53. The van der Waals surface area contributed by atoms with Crippen LogP contribution < -0.4 is 10.1 Å². The molecular weight excluding hydrogens is 318 g/mol. The molecule has 0 aliphatic heterocycles. The fraction of sp³-hybridized carbons (Fsp3) is 0.474. The highest BCUT2D eigenvalue weighted by Gasteiger charge is 2.24. The number of aromatic nitrogens is 2. The van der Waals surface area contributed by atoms with E-state index in [0.717, 1.165) is 36.9 Å². The van der Waals surface area contributed by atoms with Crippen LogP contribution in [0.25, 0.3) is 5.69 Å². The zero-order valence-corrected chi connectivity index (χ0v) is 14.7. The quantitative estimate of drug-likeness (QED) is 0.874. The first-order valence-electron chi connectivity index (χ1n) is 8.79. The van der Waals surface area contributed by atoms with Gasteiger partial charge in [-0.05, 0) is 51.7 Å². The van der Waals surface area contributed by atoms with Gasteiger partial charge in [0.05, 0.1) is 11.8 Å². The van der Waals surface area contributed by atoms with Gasteiger partial charge in [0.2, 0.25) is 5.88 Å². The van der Waals surface area contributed by atoms with E-state index in [2.05, 4.69) is 10.4 Å². The summed E-state index contributed by atoms with van der Waals surface area (Å²) in [4.78, 5) is 12.4. The molecule has 1 amide bonds. The number of carbonyl (C=O) groups excluding carboxylic acids is 1. The Kier molecular flexibility index (Phi) is 5.38. The monoisotopic (exact) mass is 343 g/mol. The van der Waals surface area contributed by atoms with Crippen LogP contribution in [0.5, 0.6) is 5.88 Å². The van der Waals surface area contributed by atoms with Crippen molar-refractivity contribution in [1.29, 1.82) is 0 Å². The molecule has 134 valence electrons. The Balaban J connectivity index is 1.60. The van der Waals surface area contributed by atoms with E-state index in [4.69, 9.17) is 4.74 Å². The highest BCUT2D eigenvalue weighted by molar-refractivity contribution is 5.81. The zero-order chi connectivity index (χ0) is 17.8. The first-order chi connectivity index (χ1) is 12.0. The number of amides is 1. The summed E-state index contributed by atoms with van der Waals surface area (Å²) >= 11 is 0. The summed E-state index contributed by atoms with van der Waals surface area (Å²) in [5, 5.41) is 17.0. The Labute approximate surface area is 147 Å². The molecule has 1 aliphatic carbocycles. The third-order valence-corrected chi connectivity index (χ3v) is 4.57. The standard InChI is InChI=1S/C19H25N3O3/c1-13-12-22(16-6-4-3-5-7-16)21-19(13)25-14(2)18(24)20-15-8-10-17(23)11-9-15/h3-7,12,14-15,17,23H,8-11H2,1-2H3,(H,20,24)/t14-,15?,17?/m0/s1. The van der Waals surface area contributed by atoms with E-state index in [1.54, 1.807) is 11.6 Å². The van der Waals surface area contributed by atoms with E-state index in [1.165, 1.54) is 0 Å². The molecule has 0 radical (unpaired) electrons. The number of aliphatic hydroxyl groups excluding tert-OH is 1. The number of para-hydroxylation sites is 1. The average Bonchev–Trinajstić information content (AvgIpc) is 2.98. The Morgan fingerprint density at radius 1 is 1.28 bits per heavy atom. The fourth-order valence-corrected chi connectivity index (χ4v) is 3.03. The molecule has 6 nitrogen and oxygen atoms in total. The second-order valence-electron chi connectivity index (χ2n) is 6.67. The lowest BCUT2D eigenvalue weighted by Crippen LogP contribution is -2.44. The van der Waals surface area contributed by atoms with Gasteiger partial charge in [0.15, 0.2) is 6.10 Å². The van der Waals surface area contributed by atoms with Gasteiger partial charge in [-0.1, -0.05) is 18.2 Å². The van der Waals surface area contributed by atoms with Gasteiger partial charge in [-0.15, -0.1) is 5.10 Å². The molecule has 1 aliphatic rings. The van der Waals surface area contributed by atoms with Gasteiger partial charge in [-0.2, -0.15) is 0 Å². The highest BCUT2D eigenvalue weighted by atomic mass is 16.5. The lowest BCUT2D eigenvalue weighted by molar-refractivity contribution is -0.128. The van der Waals surface area contributed by atoms with Crippen LogP contribution in [-0.2, 0) is 4.79 Å². The molecule has 0 unspecified atom stereocenters. The number of aryl methyl sites for hydroxylation is 1. The molecule has 0 bridgehead atoms. The van der Waals surface area contributed by atoms with Gasteiger partial charge in [-0.3, -0.25) is 4.79 Å². The second kappa shape index (κ2) is 7.70. The average molecular weight is 343 g/mol. The van der Waals surface area contributed by atoms with Gasteiger partial charge in [0.25, 0.3) is 5.91 Å². The molecule has 3 rings (SSSR count). The van der Waals surface area contributed by atoms with Crippen LogP contribution in [0.2, 0.25) is 0 Å². The van der Waals surface area contributed by atoms with Crippen molar-refractivity contribution in [2.75, 3.05) is 0 Å². The minimum atomic E-state index is -0.621. The highest BCUT2D eigenvalue weighted by Crippen LogP contribution is 2.20. The minimum Gasteiger partial charge on any atom is -0.463 e. The third kappa shape index (κ3) is 4.39. The van der Waals surface area contributed by atoms with Crippen molar-refractivity contribution in [2.24, 2.45) is 0 Å². The van der Waals surface area contributed by atoms with E-state index >= 15 is 0 Å². The Hall–Kier alpha value is -2.34. The van der Waals surface area contributed by atoms with E-state index in [-0.39, 0.29) is 18.1 Å². The second-order valence-corrected chi connectivity index (χ2v) is 6.67. The number of aliphatic hydroxyl groups is 1.